The topological polar surface area (TPSA) is 78.5 Å². The van der Waals surface area contributed by atoms with Gasteiger partial charge in [-0.25, -0.2) is 0 Å². The van der Waals surface area contributed by atoms with Gasteiger partial charge in [0.15, 0.2) is 0 Å². The maximum absolute atomic E-state index is 12.4. The molecule has 0 aromatic heterocycles. The van der Waals surface area contributed by atoms with Gasteiger partial charge in [0.2, 0.25) is 11.8 Å². The first kappa shape index (κ1) is 14.6. The van der Waals surface area contributed by atoms with Crippen molar-refractivity contribution in [1.82, 2.24) is 10.2 Å². The van der Waals surface area contributed by atoms with Crippen LogP contribution in [0.1, 0.15) is 29.3 Å². The van der Waals surface area contributed by atoms with E-state index in [0.29, 0.717) is 30.8 Å². The average Bonchev–Trinajstić information content (AvgIpc) is 2.84. The van der Waals surface area contributed by atoms with Gasteiger partial charge in [0, 0.05) is 31.4 Å². The van der Waals surface area contributed by atoms with E-state index < -0.39 is 5.41 Å². The quantitative estimate of drug-likeness (QED) is 0.792. The largest absolute Gasteiger partial charge is 0.355 e. The first-order valence-corrected chi connectivity index (χ1v) is 7.40. The van der Waals surface area contributed by atoms with E-state index >= 15 is 0 Å². The van der Waals surface area contributed by atoms with Gasteiger partial charge in [-0.15, -0.1) is 0 Å². The van der Waals surface area contributed by atoms with Crippen molar-refractivity contribution in [3.8, 4) is 0 Å². The number of likely N-dealkylation sites (N-methyl/N-ethyl adjacent to an activating group) is 1. The third kappa shape index (κ3) is 2.24. The summed E-state index contributed by atoms with van der Waals surface area (Å²) in [4.78, 5) is 38.1. The molecule has 2 aliphatic heterocycles. The Labute approximate surface area is 128 Å². The fourth-order valence-corrected chi connectivity index (χ4v) is 2.89. The van der Waals surface area contributed by atoms with E-state index in [4.69, 9.17) is 0 Å². The molecule has 2 aliphatic rings. The lowest BCUT2D eigenvalue weighted by atomic mass is 9.87. The number of hydrogen-bond donors (Lipinski definition) is 2. The van der Waals surface area contributed by atoms with Crippen LogP contribution >= 0.6 is 0 Å². The molecule has 3 rings (SSSR count). The Morgan fingerprint density at radius 3 is 2.82 bits per heavy atom. The predicted molar refractivity (Wildman–Crippen MR) is 81.5 cm³/mol. The Morgan fingerprint density at radius 1 is 1.36 bits per heavy atom. The highest BCUT2D eigenvalue weighted by Crippen LogP contribution is 2.29. The zero-order valence-corrected chi connectivity index (χ0v) is 12.7. The van der Waals surface area contributed by atoms with Gasteiger partial charge in [0.1, 0.15) is 5.41 Å². The molecular weight excluding hydrogens is 282 g/mol. The fourth-order valence-electron chi connectivity index (χ4n) is 2.89. The van der Waals surface area contributed by atoms with Gasteiger partial charge < -0.3 is 15.5 Å². The van der Waals surface area contributed by atoms with Crippen molar-refractivity contribution in [2.24, 2.45) is 5.41 Å². The SMILES string of the molecule is CN1CCc2ccc(NC(=O)C3(C)CCNC3=O)cc2C1=O. The summed E-state index contributed by atoms with van der Waals surface area (Å²) in [5, 5.41) is 5.45. The summed E-state index contributed by atoms with van der Waals surface area (Å²) in [7, 11) is 1.76. The molecule has 116 valence electrons. The molecule has 2 N–H and O–H groups in total. The van der Waals surface area contributed by atoms with E-state index in [1.54, 1.807) is 31.0 Å². The molecule has 1 unspecified atom stereocenters. The first-order chi connectivity index (χ1) is 10.4. The van der Waals surface area contributed by atoms with E-state index in [1.807, 2.05) is 6.07 Å². The van der Waals surface area contributed by atoms with E-state index in [2.05, 4.69) is 10.6 Å². The van der Waals surface area contributed by atoms with Crippen molar-refractivity contribution in [3.05, 3.63) is 29.3 Å². The van der Waals surface area contributed by atoms with Crippen LogP contribution in [0.4, 0.5) is 5.69 Å². The van der Waals surface area contributed by atoms with E-state index in [0.717, 1.165) is 12.0 Å². The number of fused-ring (bicyclic) bond motifs is 1. The third-order valence-electron chi connectivity index (χ3n) is 4.57. The zero-order valence-electron chi connectivity index (χ0n) is 12.7. The van der Waals surface area contributed by atoms with Gasteiger partial charge in [-0.3, -0.25) is 14.4 Å². The lowest BCUT2D eigenvalue weighted by molar-refractivity contribution is -0.136. The smallest absolute Gasteiger partial charge is 0.253 e. The van der Waals surface area contributed by atoms with E-state index in [-0.39, 0.29) is 17.7 Å². The van der Waals surface area contributed by atoms with Gasteiger partial charge in [-0.05, 0) is 37.5 Å². The molecule has 1 aromatic carbocycles. The highest BCUT2D eigenvalue weighted by atomic mass is 16.2. The number of carbonyl (C=O) groups excluding carboxylic acids is 3. The summed E-state index contributed by atoms with van der Waals surface area (Å²) in [6.45, 7) is 2.86. The Kier molecular flexibility index (Phi) is 3.39. The summed E-state index contributed by atoms with van der Waals surface area (Å²) in [5.41, 5.74) is 1.11. The molecule has 0 aliphatic carbocycles. The highest BCUT2D eigenvalue weighted by molar-refractivity contribution is 6.11. The van der Waals surface area contributed by atoms with Crippen molar-refractivity contribution < 1.29 is 14.4 Å². The second-order valence-electron chi connectivity index (χ2n) is 6.14. The molecule has 3 amide bonds. The maximum Gasteiger partial charge on any atom is 0.253 e. The van der Waals surface area contributed by atoms with Crippen LogP contribution < -0.4 is 10.6 Å². The summed E-state index contributed by atoms with van der Waals surface area (Å²) in [6, 6.07) is 5.35. The standard InChI is InChI=1S/C16H19N3O3/c1-16(6-7-17-14(16)21)15(22)18-11-4-3-10-5-8-19(2)13(20)12(10)9-11/h3-4,9H,5-8H2,1-2H3,(H,17,21)(H,18,22). The fraction of sp³-hybridized carbons (Fsp3) is 0.438. The molecule has 6 nitrogen and oxygen atoms in total. The minimum absolute atomic E-state index is 0.0397. The lowest BCUT2D eigenvalue weighted by Gasteiger charge is -2.25. The first-order valence-electron chi connectivity index (χ1n) is 7.40. The van der Waals surface area contributed by atoms with Gasteiger partial charge in [-0.1, -0.05) is 6.07 Å². The molecule has 0 saturated carbocycles. The van der Waals surface area contributed by atoms with Crippen LogP contribution in [0.25, 0.3) is 0 Å². The number of nitrogens with zero attached hydrogens (tertiary/aromatic N) is 1. The van der Waals surface area contributed by atoms with Crippen LogP contribution in [0.15, 0.2) is 18.2 Å². The van der Waals surface area contributed by atoms with Crippen LogP contribution in [-0.2, 0) is 16.0 Å². The number of benzene rings is 1. The van der Waals surface area contributed by atoms with Crippen LogP contribution in [0.5, 0.6) is 0 Å². The Balaban J connectivity index is 1.83. The Hall–Kier alpha value is -2.37. The minimum atomic E-state index is -1.04. The van der Waals surface area contributed by atoms with Gasteiger partial charge in [0.25, 0.3) is 5.91 Å². The predicted octanol–water partition coefficient (Wildman–Crippen LogP) is 0.779. The molecule has 0 bridgehead atoms. The minimum Gasteiger partial charge on any atom is -0.355 e. The molecule has 1 fully saturated rings. The lowest BCUT2D eigenvalue weighted by Crippen LogP contribution is -2.40. The number of nitrogens with one attached hydrogen (secondary N) is 2. The second-order valence-corrected chi connectivity index (χ2v) is 6.14. The van der Waals surface area contributed by atoms with E-state index in [1.165, 1.54) is 0 Å². The van der Waals surface area contributed by atoms with Crippen LogP contribution in [-0.4, -0.2) is 42.8 Å². The monoisotopic (exact) mass is 301 g/mol. The molecule has 1 saturated heterocycles. The molecule has 0 spiro atoms. The van der Waals surface area contributed by atoms with Crippen molar-refractivity contribution in [3.63, 3.8) is 0 Å². The van der Waals surface area contributed by atoms with Crippen molar-refractivity contribution in [1.29, 1.82) is 0 Å². The number of hydrogen-bond acceptors (Lipinski definition) is 3. The van der Waals surface area contributed by atoms with E-state index in [9.17, 15) is 14.4 Å². The molecule has 1 atom stereocenters. The van der Waals surface area contributed by atoms with Crippen LogP contribution in [0.2, 0.25) is 0 Å². The van der Waals surface area contributed by atoms with Gasteiger partial charge in [-0.2, -0.15) is 0 Å². The van der Waals surface area contributed by atoms with Crippen molar-refractivity contribution in [2.45, 2.75) is 19.8 Å². The Bertz CT molecular complexity index is 671. The second kappa shape index (κ2) is 5.12. The molecule has 0 radical (unpaired) electrons. The molecule has 6 heteroatoms. The van der Waals surface area contributed by atoms with Crippen molar-refractivity contribution >= 4 is 23.4 Å². The van der Waals surface area contributed by atoms with Crippen LogP contribution in [0, 0.1) is 5.41 Å². The highest BCUT2D eigenvalue weighted by Gasteiger charge is 2.44. The molecular formula is C16H19N3O3. The number of amides is 3. The van der Waals surface area contributed by atoms with Gasteiger partial charge >= 0.3 is 0 Å². The Morgan fingerprint density at radius 2 is 2.14 bits per heavy atom. The molecule has 1 aromatic rings. The third-order valence-corrected chi connectivity index (χ3v) is 4.57. The van der Waals surface area contributed by atoms with Crippen LogP contribution in [0.3, 0.4) is 0 Å². The summed E-state index contributed by atoms with van der Waals surface area (Å²) in [5.74, 6) is -0.625. The average molecular weight is 301 g/mol. The number of rotatable bonds is 2. The normalized spacial score (nSPS) is 24.0. The summed E-state index contributed by atoms with van der Waals surface area (Å²) >= 11 is 0. The summed E-state index contributed by atoms with van der Waals surface area (Å²) < 4.78 is 0. The summed E-state index contributed by atoms with van der Waals surface area (Å²) in [6.07, 6.45) is 1.29. The maximum atomic E-state index is 12.4. The zero-order chi connectivity index (χ0) is 15.9. The molecule has 2 heterocycles. The number of carbonyl (C=O) groups is 3. The molecule has 22 heavy (non-hydrogen) atoms. The van der Waals surface area contributed by atoms with Gasteiger partial charge in [0.05, 0.1) is 0 Å². The number of anilines is 1. The van der Waals surface area contributed by atoms with Crippen molar-refractivity contribution in [2.75, 3.05) is 25.5 Å².